The third-order valence-corrected chi connectivity index (χ3v) is 7.97. The average Bonchev–Trinajstić information content (AvgIpc) is 3.22. The third-order valence-electron chi connectivity index (χ3n) is 7.97. The van der Waals surface area contributed by atoms with Gasteiger partial charge in [0.2, 0.25) is 0 Å². The zero-order chi connectivity index (χ0) is 38.5. The smallest absolute Gasteiger partial charge is 0.337 e. The van der Waals surface area contributed by atoms with Crippen LogP contribution in [-0.2, 0) is 18.9 Å². The van der Waals surface area contributed by atoms with Crippen LogP contribution in [0.4, 0.5) is 0 Å². The first kappa shape index (κ1) is 38.0. The monoisotopic (exact) mass is 720 g/mol. The lowest BCUT2D eigenvalue weighted by atomic mass is 10.1. The molecule has 4 aromatic carbocycles. The van der Waals surface area contributed by atoms with Crippen LogP contribution >= 0.6 is 0 Å². The molecule has 0 aliphatic heterocycles. The summed E-state index contributed by atoms with van der Waals surface area (Å²) >= 11 is 0. The van der Waals surface area contributed by atoms with Gasteiger partial charge in [-0.25, -0.2) is 29.1 Å². The summed E-state index contributed by atoms with van der Waals surface area (Å²) in [5, 5.41) is 0. The molecular formula is C44H36N2O8. The highest BCUT2D eigenvalue weighted by Gasteiger charge is 2.11. The maximum atomic E-state index is 12.2. The first-order valence-electron chi connectivity index (χ1n) is 16.6. The van der Waals surface area contributed by atoms with Crippen molar-refractivity contribution >= 4 is 72.5 Å². The topological polar surface area (TPSA) is 131 Å². The quantitative estimate of drug-likeness (QED) is 0.0916. The van der Waals surface area contributed by atoms with Crippen molar-refractivity contribution in [3.05, 3.63) is 164 Å². The fourth-order valence-electron chi connectivity index (χ4n) is 5.23. The highest BCUT2D eigenvalue weighted by Crippen LogP contribution is 2.22. The highest BCUT2D eigenvalue weighted by atomic mass is 16.5. The number of hydrogen-bond donors (Lipinski definition) is 0. The van der Waals surface area contributed by atoms with Gasteiger partial charge in [-0.05, 0) is 95.1 Å². The van der Waals surface area contributed by atoms with Gasteiger partial charge in [0, 0.05) is 0 Å². The highest BCUT2D eigenvalue weighted by molar-refractivity contribution is 5.93. The summed E-state index contributed by atoms with van der Waals surface area (Å²) in [4.78, 5) is 58.9. The van der Waals surface area contributed by atoms with Gasteiger partial charge in [-0.1, -0.05) is 72.8 Å². The zero-order valence-corrected chi connectivity index (χ0v) is 30.0. The lowest BCUT2D eigenvalue weighted by Gasteiger charge is -2.08. The largest absolute Gasteiger partial charge is 0.465 e. The van der Waals surface area contributed by atoms with Gasteiger partial charge in [-0.2, -0.15) is 0 Å². The number of aromatic nitrogens is 2. The van der Waals surface area contributed by atoms with Crippen LogP contribution in [0.3, 0.4) is 0 Å². The van der Waals surface area contributed by atoms with Crippen molar-refractivity contribution in [3.8, 4) is 0 Å². The van der Waals surface area contributed by atoms with Crippen LogP contribution in [0.5, 0.6) is 0 Å². The standard InChI is InChI=1S/C44H36N2O8/c1-51-41(47)33-13-5-9-29(25-33)17-21-37-38(22-18-30-10-6-14-34(26-30)42(48)52-2)46-40(24-20-32-12-8-16-36(28-32)44(50)54-4)39(45-37)23-19-31-11-7-15-35(27-31)43(49)53-3/h5-28H,1-4H3/b21-17+,22-18+,23-19+,24-20+. The number of nitrogens with zero attached hydrogens (tertiary/aromatic N) is 2. The maximum absolute atomic E-state index is 12.2. The predicted molar refractivity (Wildman–Crippen MR) is 209 cm³/mol. The van der Waals surface area contributed by atoms with Crippen molar-refractivity contribution in [2.75, 3.05) is 28.4 Å². The Morgan fingerprint density at radius 1 is 0.370 bits per heavy atom. The fourth-order valence-corrected chi connectivity index (χ4v) is 5.23. The number of carbonyl (C=O) groups is 4. The number of methoxy groups -OCH3 is 4. The summed E-state index contributed by atoms with van der Waals surface area (Å²) in [6, 6.07) is 27.9. The second kappa shape index (κ2) is 18.3. The molecule has 0 aliphatic carbocycles. The van der Waals surface area contributed by atoms with Crippen LogP contribution in [0.1, 0.15) is 86.5 Å². The minimum absolute atomic E-state index is 0.394. The van der Waals surface area contributed by atoms with E-state index in [4.69, 9.17) is 28.9 Å². The number of esters is 4. The number of hydrogen-bond acceptors (Lipinski definition) is 10. The summed E-state index contributed by atoms with van der Waals surface area (Å²) in [5.41, 5.74) is 6.46. The summed E-state index contributed by atoms with van der Waals surface area (Å²) in [6.45, 7) is 0. The van der Waals surface area contributed by atoms with E-state index in [9.17, 15) is 19.2 Å². The van der Waals surface area contributed by atoms with Crippen molar-refractivity contribution in [1.29, 1.82) is 0 Å². The Labute approximate surface area is 312 Å². The Hall–Kier alpha value is -7.20. The van der Waals surface area contributed by atoms with Gasteiger partial charge in [0.25, 0.3) is 0 Å². The molecule has 0 bridgehead atoms. The Morgan fingerprint density at radius 3 is 0.796 bits per heavy atom. The number of carbonyl (C=O) groups excluding carboxylic acids is 4. The van der Waals surface area contributed by atoms with E-state index in [1.807, 2.05) is 48.6 Å². The Balaban J connectivity index is 1.66. The fraction of sp³-hybridized carbons (Fsp3) is 0.0909. The van der Waals surface area contributed by atoms with Gasteiger partial charge in [-0.3, -0.25) is 0 Å². The van der Waals surface area contributed by atoms with Crippen LogP contribution in [0.25, 0.3) is 48.6 Å². The molecule has 0 radical (unpaired) electrons. The summed E-state index contributed by atoms with van der Waals surface area (Å²) in [7, 11) is 5.30. The van der Waals surface area contributed by atoms with Gasteiger partial charge in [-0.15, -0.1) is 0 Å². The Morgan fingerprint density at radius 2 is 0.593 bits per heavy atom. The second-order valence-corrected chi connectivity index (χ2v) is 11.6. The van der Waals surface area contributed by atoms with Gasteiger partial charge in [0.1, 0.15) is 0 Å². The first-order chi connectivity index (χ1) is 26.2. The molecule has 270 valence electrons. The van der Waals surface area contributed by atoms with E-state index in [-0.39, 0.29) is 0 Å². The van der Waals surface area contributed by atoms with Crippen molar-refractivity contribution in [2.24, 2.45) is 0 Å². The molecule has 0 N–H and O–H groups in total. The van der Waals surface area contributed by atoms with Crippen LogP contribution in [-0.4, -0.2) is 62.3 Å². The normalized spacial score (nSPS) is 11.3. The van der Waals surface area contributed by atoms with E-state index in [1.54, 1.807) is 97.1 Å². The molecular weight excluding hydrogens is 684 g/mol. The van der Waals surface area contributed by atoms with Gasteiger partial charge in [0.15, 0.2) is 0 Å². The molecule has 10 nitrogen and oxygen atoms in total. The van der Waals surface area contributed by atoms with Crippen LogP contribution in [0, 0.1) is 0 Å². The van der Waals surface area contributed by atoms with Gasteiger partial charge in [0.05, 0.1) is 73.5 Å². The predicted octanol–water partition coefficient (Wildman–Crippen LogP) is 8.30. The average molecular weight is 721 g/mol. The third kappa shape index (κ3) is 9.98. The zero-order valence-electron chi connectivity index (χ0n) is 30.0. The van der Waals surface area contributed by atoms with E-state index in [0.717, 1.165) is 22.3 Å². The number of benzene rings is 4. The van der Waals surface area contributed by atoms with Crippen LogP contribution in [0.2, 0.25) is 0 Å². The van der Waals surface area contributed by atoms with Gasteiger partial charge < -0.3 is 18.9 Å². The number of ether oxygens (including phenoxy) is 4. The minimum atomic E-state index is -0.459. The van der Waals surface area contributed by atoms with E-state index in [1.165, 1.54) is 28.4 Å². The van der Waals surface area contributed by atoms with E-state index < -0.39 is 23.9 Å². The van der Waals surface area contributed by atoms with E-state index >= 15 is 0 Å². The molecule has 0 atom stereocenters. The van der Waals surface area contributed by atoms with Crippen molar-refractivity contribution in [2.45, 2.75) is 0 Å². The number of rotatable bonds is 12. The maximum Gasteiger partial charge on any atom is 0.337 e. The molecule has 0 fully saturated rings. The molecule has 10 heteroatoms. The molecule has 0 unspecified atom stereocenters. The van der Waals surface area contributed by atoms with Crippen molar-refractivity contribution < 1.29 is 38.1 Å². The SMILES string of the molecule is COC(=O)c1cccc(/C=C/c2nc(/C=C/c3cccc(C(=O)OC)c3)c(/C=C/c3cccc(C(=O)OC)c3)nc2/C=C/c2cccc(C(=O)OC)c2)c1. The van der Waals surface area contributed by atoms with E-state index in [2.05, 4.69) is 0 Å². The molecule has 0 aliphatic rings. The van der Waals surface area contributed by atoms with Crippen molar-refractivity contribution in [1.82, 2.24) is 9.97 Å². The molecule has 0 spiro atoms. The first-order valence-corrected chi connectivity index (χ1v) is 16.6. The summed E-state index contributed by atoms with van der Waals surface area (Å²) < 4.78 is 19.6. The second-order valence-electron chi connectivity index (χ2n) is 11.6. The van der Waals surface area contributed by atoms with Crippen molar-refractivity contribution in [3.63, 3.8) is 0 Å². The molecule has 54 heavy (non-hydrogen) atoms. The lowest BCUT2D eigenvalue weighted by molar-refractivity contribution is 0.0592. The lowest BCUT2D eigenvalue weighted by Crippen LogP contribution is -2.02. The van der Waals surface area contributed by atoms with Gasteiger partial charge >= 0.3 is 23.9 Å². The molecule has 1 heterocycles. The van der Waals surface area contributed by atoms with Crippen LogP contribution in [0.15, 0.2) is 97.1 Å². The van der Waals surface area contributed by atoms with E-state index in [0.29, 0.717) is 45.0 Å². The summed E-state index contributed by atoms with van der Waals surface area (Å²) in [5.74, 6) is -1.83. The molecule has 0 saturated heterocycles. The van der Waals surface area contributed by atoms with Crippen LogP contribution < -0.4 is 0 Å². The molecule has 5 aromatic rings. The Bertz CT molecular complexity index is 2000. The molecule has 0 saturated carbocycles. The molecule has 5 rings (SSSR count). The summed E-state index contributed by atoms with van der Waals surface area (Å²) in [6.07, 6.45) is 14.4. The Kier molecular flexibility index (Phi) is 12.9. The molecule has 0 amide bonds. The molecule has 1 aromatic heterocycles. The minimum Gasteiger partial charge on any atom is -0.465 e.